The van der Waals surface area contributed by atoms with Gasteiger partial charge < -0.3 is 9.84 Å². The van der Waals surface area contributed by atoms with Gasteiger partial charge in [0.2, 0.25) is 5.76 Å². The van der Waals surface area contributed by atoms with E-state index >= 15 is 0 Å². The number of anilines is 1. The summed E-state index contributed by atoms with van der Waals surface area (Å²) in [6.07, 6.45) is 1.34. The van der Waals surface area contributed by atoms with Crippen molar-refractivity contribution in [2.24, 2.45) is 0 Å². The summed E-state index contributed by atoms with van der Waals surface area (Å²) in [4.78, 5) is 11.2. The van der Waals surface area contributed by atoms with E-state index in [2.05, 4.69) is 10.5 Å². The molecule has 0 bridgehead atoms. The molecule has 0 fully saturated rings. The maximum Gasteiger partial charge on any atom is 0.334 e. The number of hydrogen-bond acceptors (Lipinski definition) is 5. The second-order valence-electron chi connectivity index (χ2n) is 3.73. The first-order chi connectivity index (χ1) is 8.89. The number of rotatable bonds is 3. The Kier molecular flexibility index (Phi) is 3.34. The molecule has 2 rings (SSSR count). The normalized spacial score (nSPS) is 11.3. The Morgan fingerprint density at radius 3 is 2.63 bits per heavy atom. The molecular weight excluding hydrogens is 275 g/mol. The molecule has 1 heterocycles. The van der Waals surface area contributed by atoms with Crippen LogP contribution in [-0.4, -0.2) is 19.5 Å². The molecule has 1 aromatic heterocycles. The summed E-state index contributed by atoms with van der Waals surface area (Å²) in [5.74, 6) is -0.767. The van der Waals surface area contributed by atoms with E-state index < -0.39 is 21.0 Å². The highest BCUT2D eigenvalue weighted by Crippen LogP contribution is 2.23. The smallest absolute Gasteiger partial charge is 0.334 e. The lowest BCUT2D eigenvalue weighted by Gasteiger charge is -2.06. The van der Waals surface area contributed by atoms with Gasteiger partial charge in [-0.2, -0.15) is 8.42 Å². The first-order valence-electron chi connectivity index (χ1n) is 5.16. The van der Waals surface area contributed by atoms with Crippen molar-refractivity contribution in [1.29, 1.82) is 0 Å². The molecule has 2 aromatic rings. The molecule has 0 unspecified atom stereocenters. The fraction of sp³-hybridized carbons (Fsp3) is 0.0909. The number of carbonyl (C=O) groups is 1. The van der Waals surface area contributed by atoms with Crippen molar-refractivity contribution in [1.82, 2.24) is 5.16 Å². The van der Waals surface area contributed by atoms with Crippen LogP contribution in [-0.2, 0) is 10.2 Å². The summed E-state index contributed by atoms with van der Waals surface area (Å²) >= 11 is 0. The molecule has 1 aromatic carbocycles. The van der Waals surface area contributed by atoms with Crippen molar-refractivity contribution >= 4 is 21.8 Å². The van der Waals surface area contributed by atoms with Crippen LogP contribution in [0.25, 0.3) is 0 Å². The standard InChI is InChI=1S/C11H9FN2O4S/c1-7-6-13-18-10(7)11(15)14-8-4-2-3-5-9(8)19(12,16)17/h2-6H,1H3,(H,14,15). The molecule has 1 amide bonds. The van der Waals surface area contributed by atoms with Crippen LogP contribution in [0.3, 0.4) is 0 Å². The van der Waals surface area contributed by atoms with E-state index in [1.54, 1.807) is 6.92 Å². The van der Waals surface area contributed by atoms with Crippen molar-refractivity contribution in [2.45, 2.75) is 11.8 Å². The number of aryl methyl sites for hydroxylation is 1. The van der Waals surface area contributed by atoms with E-state index in [0.29, 0.717) is 5.56 Å². The number of para-hydroxylation sites is 1. The van der Waals surface area contributed by atoms with Gasteiger partial charge in [0.05, 0.1) is 11.9 Å². The van der Waals surface area contributed by atoms with Crippen LogP contribution in [0.4, 0.5) is 9.57 Å². The highest BCUT2D eigenvalue weighted by molar-refractivity contribution is 7.86. The fourth-order valence-electron chi connectivity index (χ4n) is 1.47. The van der Waals surface area contributed by atoms with Gasteiger partial charge in [0.1, 0.15) is 4.90 Å². The van der Waals surface area contributed by atoms with Crippen LogP contribution in [0.1, 0.15) is 16.1 Å². The molecule has 0 saturated heterocycles. The van der Waals surface area contributed by atoms with Crippen LogP contribution < -0.4 is 5.32 Å². The van der Waals surface area contributed by atoms with Crippen molar-refractivity contribution in [3.63, 3.8) is 0 Å². The zero-order valence-electron chi connectivity index (χ0n) is 9.75. The zero-order valence-corrected chi connectivity index (χ0v) is 10.6. The van der Waals surface area contributed by atoms with Gasteiger partial charge in [-0.3, -0.25) is 4.79 Å². The van der Waals surface area contributed by atoms with Crippen molar-refractivity contribution in [3.05, 3.63) is 41.8 Å². The number of nitrogens with zero attached hydrogens (tertiary/aromatic N) is 1. The van der Waals surface area contributed by atoms with Crippen LogP contribution in [0.2, 0.25) is 0 Å². The first-order valence-corrected chi connectivity index (χ1v) is 6.54. The molecule has 0 aliphatic rings. The monoisotopic (exact) mass is 284 g/mol. The van der Waals surface area contributed by atoms with E-state index in [4.69, 9.17) is 4.52 Å². The van der Waals surface area contributed by atoms with E-state index in [1.165, 1.54) is 24.4 Å². The number of nitrogens with one attached hydrogen (secondary N) is 1. The third kappa shape index (κ3) is 2.79. The lowest BCUT2D eigenvalue weighted by atomic mass is 10.2. The minimum Gasteiger partial charge on any atom is -0.351 e. The molecule has 0 aliphatic heterocycles. The lowest BCUT2D eigenvalue weighted by molar-refractivity contribution is 0.0987. The van der Waals surface area contributed by atoms with E-state index in [-0.39, 0.29) is 11.4 Å². The topological polar surface area (TPSA) is 89.3 Å². The van der Waals surface area contributed by atoms with Gasteiger partial charge in [0.15, 0.2) is 0 Å². The Bertz CT molecular complexity index is 724. The molecule has 1 N–H and O–H groups in total. The fourth-order valence-corrected chi connectivity index (χ4v) is 2.09. The largest absolute Gasteiger partial charge is 0.351 e. The third-order valence-corrected chi connectivity index (χ3v) is 3.23. The summed E-state index contributed by atoms with van der Waals surface area (Å²) in [5.41, 5.74) is 0.323. The molecule has 8 heteroatoms. The van der Waals surface area contributed by atoms with Crippen molar-refractivity contribution in [3.8, 4) is 0 Å². The molecule has 6 nitrogen and oxygen atoms in total. The Balaban J connectivity index is 2.35. The molecule has 0 saturated carbocycles. The predicted molar refractivity (Wildman–Crippen MR) is 63.9 cm³/mol. The quantitative estimate of drug-likeness (QED) is 0.869. The SMILES string of the molecule is Cc1cnoc1C(=O)Nc1ccccc1S(=O)(=O)F. The van der Waals surface area contributed by atoms with Crippen molar-refractivity contribution < 1.29 is 21.6 Å². The van der Waals surface area contributed by atoms with Crippen molar-refractivity contribution in [2.75, 3.05) is 5.32 Å². The summed E-state index contributed by atoms with van der Waals surface area (Å²) in [7, 11) is -4.92. The second-order valence-corrected chi connectivity index (χ2v) is 5.04. The number of benzene rings is 1. The number of carbonyl (C=O) groups excluding carboxylic acids is 1. The summed E-state index contributed by atoms with van der Waals surface area (Å²) in [6, 6.07) is 5.15. The van der Waals surface area contributed by atoms with Gasteiger partial charge in [-0.05, 0) is 19.1 Å². The molecule has 19 heavy (non-hydrogen) atoms. The van der Waals surface area contributed by atoms with Crippen LogP contribution in [0.5, 0.6) is 0 Å². The second kappa shape index (κ2) is 4.81. The Hall–Kier alpha value is -2.22. The molecule has 0 radical (unpaired) electrons. The minimum absolute atomic E-state index is 0.0638. The average molecular weight is 284 g/mol. The van der Waals surface area contributed by atoms with Gasteiger partial charge in [0, 0.05) is 5.56 Å². The maximum absolute atomic E-state index is 13.0. The highest BCUT2D eigenvalue weighted by atomic mass is 32.3. The molecule has 100 valence electrons. The lowest BCUT2D eigenvalue weighted by Crippen LogP contribution is -2.14. The molecule has 0 spiro atoms. The maximum atomic E-state index is 13.0. The first kappa shape index (κ1) is 13.2. The summed E-state index contributed by atoms with van der Waals surface area (Å²) < 4.78 is 39.6. The molecule has 0 atom stereocenters. The van der Waals surface area contributed by atoms with E-state index in [0.717, 1.165) is 6.07 Å². The number of halogens is 1. The van der Waals surface area contributed by atoms with Crippen LogP contribution in [0, 0.1) is 6.92 Å². The van der Waals surface area contributed by atoms with Crippen LogP contribution in [0.15, 0.2) is 39.9 Å². The van der Waals surface area contributed by atoms with Gasteiger partial charge in [-0.25, -0.2) is 0 Å². The zero-order chi connectivity index (χ0) is 14.0. The minimum atomic E-state index is -4.92. The summed E-state index contributed by atoms with van der Waals surface area (Å²) in [5, 5.41) is 5.70. The highest BCUT2D eigenvalue weighted by Gasteiger charge is 2.20. The Labute approximate surface area is 108 Å². The number of hydrogen-bond donors (Lipinski definition) is 1. The van der Waals surface area contributed by atoms with E-state index in [1.807, 2.05) is 0 Å². The Morgan fingerprint density at radius 2 is 2.05 bits per heavy atom. The van der Waals surface area contributed by atoms with E-state index in [9.17, 15) is 17.1 Å². The predicted octanol–water partition coefficient (Wildman–Crippen LogP) is 1.89. The molecule has 0 aliphatic carbocycles. The number of aromatic nitrogens is 1. The average Bonchev–Trinajstić information content (AvgIpc) is 2.75. The number of amides is 1. The van der Waals surface area contributed by atoms with Gasteiger partial charge in [-0.1, -0.05) is 17.3 Å². The summed E-state index contributed by atoms with van der Waals surface area (Å²) in [6.45, 7) is 1.60. The van der Waals surface area contributed by atoms with Gasteiger partial charge in [0.25, 0.3) is 5.91 Å². The third-order valence-electron chi connectivity index (χ3n) is 2.35. The van der Waals surface area contributed by atoms with Gasteiger partial charge >= 0.3 is 10.2 Å². The van der Waals surface area contributed by atoms with Gasteiger partial charge in [-0.15, -0.1) is 3.89 Å². The van der Waals surface area contributed by atoms with Crippen LogP contribution >= 0.6 is 0 Å². The molecular formula is C11H9FN2O4S. The Morgan fingerprint density at radius 1 is 1.37 bits per heavy atom.